The number of amides is 2. The van der Waals surface area contributed by atoms with Crippen LogP contribution >= 0.6 is 0 Å². The summed E-state index contributed by atoms with van der Waals surface area (Å²) in [7, 11) is 0. The van der Waals surface area contributed by atoms with Crippen LogP contribution in [0.4, 0.5) is 18.0 Å². The van der Waals surface area contributed by atoms with Gasteiger partial charge in [0.05, 0.1) is 5.56 Å². The van der Waals surface area contributed by atoms with Crippen LogP contribution < -0.4 is 10.6 Å². The van der Waals surface area contributed by atoms with Gasteiger partial charge in [-0.2, -0.15) is 13.2 Å². The van der Waals surface area contributed by atoms with E-state index < -0.39 is 42.3 Å². The average Bonchev–Trinajstić information content (AvgIpc) is 3.19. The Kier molecular flexibility index (Phi) is 7.47. The first-order valence-corrected chi connectivity index (χ1v) is 11.4. The van der Waals surface area contributed by atoms with E-state index >= 15 is 0 Å². The van der Waals surface area contributed by atoms with Crippen molar-refractivity contribution in [3.05, 3.63) is 95.1 Å². The fraction of sp³-hybridized carbons (Fsp3) is 0.222. The van der Waals surface area contributed by atoms with Gasteiger partial charge in [-0.05, 0) is 39.9 Å². The quantitative estimate of drug-likeness (QED) is 0.416. The van der Waals surface area contributed by atoms with Gasteiger partial charge >= 0.3 is 18.2 Å². The fourth-order valence-corrected chi connectivity index (χ4v) is 4.31. The Labute approximate surface area is 210 Å². The number of hydrogen-bond acceptors (Lipinski definition) is 4. The van der Waals surface area contributed by atoms with Crippen LogP contribution in [0.1, 0.15) is 28.2 Å². The molecule has 0 saturated carbocycles. The van der Waals surface area contributed by atoms with Gasteiger partial charge in [-0.3, -0.25) is 4.79 Å². The van der Waals surface area contributed by atoms with Gasteiger partial charge < -0.3 is 20.5 Å². The van der Waals surface area contributed by atoms with Crippen molar-refractivity contribution < 1.29 is 37.4 Å². The molecule has 1 aliphatic rings. The van der Waals surface area contributed by atoms with Crippen LogP contribution in [-0.4, -0.2) is 42.3 Å². The van der Waals surface area contributed by atoms with Crippen LogP contribution in [0.3, 0.4) is 0 Å². The Bertz CT molecular complexity index is 1260. The van der Waals surface area contributed by atoms with E-state index in [4.69, 9.17) is 4.74 Å². The number of alkyl halides is 3. The molecule has 3 aromatic rings. The van der Waals surface area contributed by atoms with Crippen LogP contribution in [0.2, 0.25) is 0 Å². The molecule has 0 fully saturated rings. The molecule has 0 aliphatic heterocycles. The molecular weight excluding hydrogens is 489 g/mol. The number of halogens is 3. The number of carboxylic acids is 1. The zero-order valence-corrected chi connectivity index (χ0v) is 19.4. The SMILES string of the molecule is O=C(CNC(=O)OCC1c2ccccc2-c2ccccc21)N[C@@H](Cc1ccc(C(F)(F)F)cc1)C(=O)O. The van der Waals surface area contributed by atoms with E-state index in [1.54, 1.807) is 0 Å². The summed E-state index contributed by atoms with van der Waals surface area (Å²) in [5.74, 6) is -2.31. The van der Waals surface area contributed by atoms with Gasteiger partial charge in [-0.25, -0.2) is 9.59 Å². The van der Waals surface area contributed by atoms with E-state index in [0.717, 1.165) is 46.5 Å². The summed E-state index contributed by atoms with van der Waals surface area (Å²) in [6.45, 7) is -0.485. The molecule has 3 N–H and O–H groups in total. The topological polar surface area (TPSA) is 105 Å². The maximum Gasteiger partial charge on any atom is 0.416 e. The molecule has 10 heteroatoms. The van der Waals surface area contributed by atoms with Crippen molar-refractivity contribution in [2.75, 3.05) is 13.2 Å². The number of aliphatic carboxylic acids is 1. The summed E-state index contributed by atoms with van der Waals surface area (Å²) < 4.78 is 43.5. The predicted octanol–water partition coefficient (Wildman–Crippen LogP) is 4.36. The van der Waals surface area contributed by atoms with Crippen LogP contribution in [0, 0.1) is 0 Å². The molecule has 0 bridgehead atoms. The first-order chi connectivity index (χ1) is 17.6. The maximum atomic E-state index is 12.7. The van der Waals surface area contributed by atoms with Crippen molar-refractivity contribution in [3.8, 4) is 11.1 Å². The number of ether oxygens (including phenoxy) is 1. The molecule has 0 spiro atoms. The van der Waals surface area contributed by atoms with Gasteiger partial charge in [-0.15, -0.1) is 0 Å². The Morgan fingerprint density at radius 3 is 2.00 bits per heavy atom. The third-order valence-electron chi connectivity index (χ3n) is 6.09. The lowest BCUT2D eigenvalue weighted by atomic mass is 9.98. The third-order valence-corrected chi connectivity index (χ3v) is 6.09. The van der Waals surface area contributed by atoms with Crippen molar-refractivity contribution in [3.63, 3.8) is 0 Å². The molecule has 0 aromatic heterocycles. The highest BCUT2D eigenvalue weighted by atomic mass is 19.4. The Morgan fingerprint density at radius 2 is 1.46 bits per heavy atom. The number of alkyl carbamates (subject to hydrolysis) is 1. The molecule has 0 radical (unpaired) electrons. The maximum absolute atomic E-state index is 12.7. The first kappa shape index (κ1) is 25.7. The summed E-state index contributed by atoms with van der Waals surface area (Å²) >= 11 is 0. The van der Waals surface area contributed by atoms with Crippen LogP contribution in [-0.2, 0) is 26.9 Å². The Balaban J connectivity index is 1.28. The van der Waals surface area contributed by atoms with Crippen LogP contribution in [0.5, 0.6) is 0 Å². The number of rotatable bonds is 8. The summed E-state index contributed by atoms with van der Waals surface area (Å²) in [5, 5.41) is 14.0. The molecule has 0 unspecified atom stereocenters. The van der Waals surface area contributed by atoms with E-state index in [-0.39, 0.29) is 18.9 Å². The van der Waals surface area contributed by atoms with Crippen LogP contribution in [0.15, 0.2) is 72.8 Å². The second kappa shape index (κ2) is 10.7. The molecule has 0 saturated heterocycles. The van der Waals surface area contributed by atoms with Gasteiger partial charge in [-0.1, -0.05) is 60.7 Å². The monoisotopic (exact) mass is 512 g/mol. The Hall–Kier alpha value is -4.34. The number of hydrogen-bond donors (Lipinski definition) is 3. The molecule has 1 atom stereocenters. The van der Waals surface area contributed by atoms with Crippen molar-refractivity contribution in [2.24, 2.45) is 0 Å². The number of fused-ring (bicyclic) bond motifs is 3. The fourth-order valence-electron chi connectivity index (χ4n) is 4.31. The molecule has 2 amide bonds. The number of carboxylic acid groups (broad SMARTS) is 1. The minimum Gasteiger partial charge on any atom is -0.480 e. The number of nitrogens with one attached hydrogen (secondary N) is 2. The first-order valence-electron chi connectivity index (χ1n) is 11.4. The van der Waals surface area contributed by atoms with E-state index in [0.29, 0.717) is 5.56 Å². The molecule has 1 aliphatic carbocycles. The number of carbonyl (C=O) groups excluding carboxylic acids is 2. The van der Waals surface area contributed by atoms with Gasteiger partial charge in [0.1, 0.15) is 19.2 Å². The molecule has 0 heterocycles. The second-order valence-electron chi connectivity index (χ2n) is 8.54. The van der Waals surface area contributed by atoms with Gasteiger partial charge in [0, 0.05) is 12.3 Å². The number of carbonyl (C=O) groups is 3. The van der Waals surface area contributed by atoms with Gasteiger partial charge in [0.25, 0.3) is 0 Å². The normalized spacial score (nSPS) is 13.3. The highest BCUT2D eigenvalue weighted by molar-refractivity contribution is 5.87. The minimum atomic E-state index is -4.51. The molecule has 3 aromatic carbocycles. The minimum absolute atomic E-state index is 0.0488. The van der Waals surface area contributed by atoms with Crippen molar-refractivity contribution in [1.29, 1.82) is 0 Å². The predicted molar refractivity (Wildman–Crippen MR) is 128 cm³/mol. The van der Waals surface area contributed by atoms with E-state index in [1.807, 2.05) is 48.5 Å². The molecule has 4 rings (SSSR count). The Morgan fingerprint density at radius 1 is 0.892 bits per heavy atom. The van der Waals surface area contributed by atoms with Gasteiger partial charge in [0.2, 0.25) is 5.91 Å². The van der Waals surface area contributed by atoms with E-state index in [2.05, 4.69) is 10.6 Å². The standard InChI is InChI=1S/C27H23F3N2O5/c28-27(29,30)17-11-9-16(10-12-17)13-23(25(34)35)32-24(33)14-31-26(36)37-15-22-20-7-3-1-5-18(20)19-6-2-4-8-21(19)22/h1-12,22-23H,13-15H2,(H,31,36)(H,32,33)(H,34,35)/t23-/m0/s1. The summed E-state index contributed by atoms with van der Waals surface area (Å²) in [6.07, 6.45) is -5.58. The van der Waals surface area contributed by atoms with Crippen molar-refractivity contribution >= 4 is 18.0 Å². The van der Waals surface area contributed by atoms with Crippen LogP contribution in [0.25, 0.3) is 11.1 Å². The largest absolute Gasteiger partial charge is 0.480 e. The third kappa shape index (κ3) is 6.08. The molecule has 7 nitrogen and oxygen atoms in total. The molecule has 192 valence electrons. The average molecular weight is 512 g/mol. The summed E-state index contributed by atoms with van der Waals surface area (Å²) in [5.41, 5.74) is 3.63. The van der Waals surface area contributed by atoms with Crippen molar-refractivity contribution in [1.82, 2.24) is 10.6 Å². The number of benzene rings is 3. The van der Waals surface area contributed by atoms with E-state index in [1.165, 1.54) is 0 Å². The van der Waals surface area contributed by atoms with E-state index in [9.17, 15) is 32.7 Å². The lowest BCUT2D eigenvalue weighted by Gasteiger charge is -2.16. The highest BCUT2D eigenvalue weighted by Crippen LogP contribution is 2.44. The smallest absolute Gasteiger partial charge is 0.416 e. The highest BCUT2D eigenvalue weighted by Gasteiger charge is 2.31. The lowest BCUT2D eigenvalue weighted by Crippen LogP contribution is -2.46. The molecule has 37 heavy (non-hydrogen) atoms. The zero-order chi connectivity index (χ0) is 26.6. The summed E-state index contributed by atoms with van der Waals surface area (Å²) in [6, 6.07) is 18.2. The summed E-state index contributed by atoms with van der Waals surface area (Å²) in [4.78, 5) is 36.0. The zero-order valence-electron chi connectivity index (χ0n) is 19.4. The lowest BCUT2D eigenvalue weighted by molar-refractivity contribution is -0.141. The molecular formula is C27H23F3N2O5. The second-order valence-corrected chi connectivity index (χ2v) is 8.54. The van der Waals surface area contributed by atoms with Crippen molar-refractivity contribution in [2.45, 2.75) is 24.6 Å². The van der Waals surface area contributed by atoms with Gasteiger partial charge in [0.15, 0.2) is 0 Å².